The summed E-state index contributed by atoms with van der Waals surface area (Å²) in [7, 11) is 2.07. The van der Waals surface area contributed by atoms with Crippen LogP contribution in [0.3, 0.4) is 0 Å². The van der Waals surface area contributed by atoms with Gasteiger partial charge in [0.2, 0.25) is 0 Å². The second kappa shape index (κ2) is 3.98. The molecule has 1 unspecified atom stereocenters. The number of para-hydroxylation sites is 1. The van der Waals surface area contributed by atoms with E-state index >= 15 is 0 Å². The number of hydrogen-bond donors (Lipinski definition) is 1. The SMILES string of the molecule is CN1CCNCC1c1ccccc1[O]. The fourth-order valence-electron chi connectivity index (χ4n) is 1.91. The molecule has 1 aromatic rings. The van der Waals surface area contributed by atoms with Crippen molar-refractivity contribution < 1.29 is 5.11 Å². The first-order chi connectivity index (χ1) is 6.79. The molecule has 0 amide bonds. The Morgan fingerprint density at radius 1 is 1.43 bits per heavy atom. The molecule has 0 saturated carbocycles. The maximum absolute atomic E-state index is 11.6. The fraction of sp³-hybridized carbons (Fsp3) is 0.455. The molecule has 1 heterocycles. The van der Waals surface area contributed by atoms with E-state index in [2.05, 4.69) is 17.3 Å². The van der Waals surface area contributed by atoms with Crippen LogP contribution in [0.2, 0.25) is 0 Å². The average molecular weight is 191 g/mol. The standard InChI is InChI=1S/C11H15N2O/c1-13-7-6-12-8-10(13)9-4-2-3-5-11(9)14/h2-5,10,12H,6-8H2,1H3. The number of piperazine rings is 1. The maximum Gasteiger partial charge on any atom is 0.183 e. The molecule has 0 aromatic heterocycles. The van der Waals surface area contributed by atoms with Crippen molar-refractivity contribution in [2.24, 2.45) is 0 Å². The summed E-state index contributed by atoms with van der Waals surface area (Å²) in [5.41, 5.74) is 0.905. The first-order valence-electron chi connectivity index (χ1n) is 4.96. The lowest BCUT2D eigenvalue weighted by atomic mass is 10.0. The van der Waals surface area contributed by atoms with Gasteiger partial charge in [-0.2, -0.15) is 0 Å². The summed E-state index contributed by atoms with van der Waals surface area (Å²) >= 11 is 0. The molecule has 1 aromatic carbocycles. The van der Waals surface area contributed by atoms with Gasteiger partial charge in [0.05, 0.1) is 6.04 Å². The first kappa shape index (κ1) is 9.49. The zero-order chi connectivity index (χ0) is 9.97. The summed E-state index contributed by atoms with van der Waals surface area (Å²) in [4.78, 5) is 2.23. The van der Waals surface area contributed by atoms with Gasteiger partial charge in [0.25, 0.3) is 0 Å². The fourth-order valence-corrected chi connectivity index (χ4v) is 1.91. The van der Waals surface area contributed by atoms with Crippen molar-refractivity contribution in [2.45, 2.75) is 6.04 Å². The Balaban J connectivity index is 2.25. The van der Waals surface area contributed by atoms with Gasteiger partial charge in [-0.1, -0.05) is 18.2 Å². The monoisotopic (exact) mass is 191 g/mol. The molecule has 1 radical (unpaired) electrons. The Hall–Kier alpha value is -1.06. The summed E-state index contributed by atoms with van der Waals surface area (Å²) in [6.07, 6.45) is 0. The lowest BCUT2D eigenvalue weighted by Gasteiger charge is -2.33. The molecule has 2 rings (SSSR count). The Kier molecular flexibility index (Phi) is 2.70. The Morgan fingerprint density at radius 2 is 2.21 bits per heavy atom. The quantitative estimate of drug-likeness (QED) is 0.728. The van der Waals surface area contributed by atoms with Crippen LogP contribution in [-0.4, -0.2) is 31.6 Å². The van der Waals surface area contributed by atoms with E-state index in [0.717, 1.165) is 25.2 Å². The molecule has 3 heteroatoms. The summed E-state index contributed by atoms with van der Waals surface area (Å²) in [5, 5.41) is 14.9. The second-order valence-corrected chi connectivity index (χ2v) is 3.74. The summed E-state index contributed by atoms with van der Waals surface area (Å²) in [6, 6.07) is 7.52. The normalized spacial score (nSPS) is 23.6. The van der Waals surface area contributed by atoms with Crippen LogP contribution in [0.4, 0.5) is 0 Å². The number of benzene rings is 1. The highest BCUT2D eigenvalue weighted by Gasteiger charge is 2.22. The highest BCUT2D eigenvalue weighted by molar-refractivity contribution is 5.34. The van der Waals surface area contributed by atoms with Gasteiger partial charge in [0.15, 0.2) is 5.75 Å². The molecule has 1 saturated heterocycles. The molecular weight excluding hydrogens is 176 g/mol. The third kappa shape index (κ3) is 1.74. The number of nitrogens with one attached hydrogen (secondary N) is 1. The van der Waals surface area contributed by atoms with Crippen LogP contribution >= 0.6 is 0 Å². The predicted octanol–water partition coefficient (Wildman–Crippen LogP) is 1.41. The van der Waals surface area contributed by atoms with E-state index in [4.69, 9.17) is 0 Å². The van der Waals surface area contributed by atoms with Crippen molar-refractivity contribution in [2.75, 3.05) is 26.7 Å². The van der Waals surface area contributed by atoms with Crippen LogP contribution in [0, 0.1) is 0 Å². The van der Waals surface area contributed by atoms with Gasteiger partial charge in [-0.15, -0.1) is 0 Å². The van der Waals surface area contributed by atoms with E-state index in [1.54, 1.807) is 12.1 Å². The third-order valence-electron chi connectivity index (χ3n) is 2.79. The molecule has 1 aliphatic heterocycles. The van der Waals surface area contributed by atoms with Gasteiger partial charge in [-0.05, 0) is 13.1 Å². The topological polar surface area (TPSA) is 35.2 Å². The van der Waals surface area contributed by atoms with Crippen molar-refractivity contribution in [3.8, 4) is 5.75 Å². The summed E-state index contributed by atoms with van der Waals surface area (Å²) in [6.45, 7) is 2.88. The van der Waals surface area contributed by atoms with Crippen LogP contribution in [0.5, 0.6) is 5.75 Å². The van der Waals surface area contributed by atoms with Crippen molar-refractivity contribution in [1.82, 2.24) is 10.2 Å². The lowest BCUT2D eigenvalue weighted by Crippen LogP contribution is -2.43. The van der Waals surface area contributed by atoms with E-state index in [0.29, 0.717) is 0 Å². The van der Waals surface area contributed by atoms with Gasteiger partial charge in [0.1, 0.15) is 0 Å². The highest BCUT2D eigenvalue weighted by atomic mass is 16.3. The molecule has 1 aliphatic rings. The van der Waals surface area contributed by atoms with E-state index in [-0.39, 0.29) is 11.8 Å². The Bertz CT molecular complexity index is 314. The zero-order valence-corrected chi connectivity index (χ0v) is 8.36. The number of hydrogen-bond acceptors (Lipinski definition) is 2. The minimum atomic E-state index is 0.146. The molecule has 75 valence electrons. The number of likely N-dealkylation sites (N-methyl/N-ethyl adjacent to an activating group) is 1. The van der Waals surface area contributed by atoms with E-state index in [1.807, 2.05) is 12.1 Å². The van der Waals surface area contributed by atoms with Gasteiger partial charge in [-0.25, -0.2) is 0 Å². The molecule has 0 aliphatic carbocycles. The van der Waals surface area contributed by atoms with E-state index < -0.39 is 0 Å². The molecular formula is C11H15N2O. The molecule has 0 spiro atoms. The smallest absolute Gasteiger partial charge is 0.183 e. The van der Waals surface area contributed by atoms with Crippen LogP contribution in [0.25, 0.3) is 0 Å². The average Bonchev–Trinajstić information content (AvgIpc) is 2.20. The van der Waals surface area contributed by atoms with E-state index in [9.17, 15) is 5.11 Å². The molecule has 0 bridgehead atoms. The summed E-state index contributed by atoms with van der Waals surface area (Å²) < 4.78 is 0. The van der Waals surface area contributed by atoms with Crippen molar-refractivity contribution in [3.05, 3.63) is 29.8 Å². The third-order valence-corrected chi connectivity index (χ3v) is 2.79. The zero-order valence-electron chi connectivity index (χ0n) is 8.36. The molecule has 3 nitrogen and oxygen atoms in total. The van der Waals surface area contributed by atoms with Gasteiger partial charge >= 0.3 is 0 Å². The molecule has 1 N–H and O–H groups in total. The minimum Gasteiger partial charge on any atom is -0.314 e. The van der Waals surface area contributed by atoms with Crippen molar-refractivity contribution in [3.63, 3.8) is 0 Å². The Labute approximate surface area is 84.4 Å². The van der Waals surface area contributed by atoms with Gasteiger partial charge < -0.3 is 5.32 Å². The summed E-state index contributed by atoms with van der Waals surface area (Å²) in [5.74, 6) is 0.146. The Morgan fingerprint density at radius 3 is 2.93 bits per heavy atom. The number of rotatable bonds is 1. The van der Waals surface area contributed by atoms with Crippen molar-refractivity contribution >= 4 is 0 Å². The molecule has 14 heavy (non-hydrogen) atoms. The van der Waals surface area contributed by atoms with Crippen LogP contribution in [-0.2, 0) is 5.11 Å². The van der Waals surface area contributed by atoms with Gasteiger partial charge in [-0.3, -0.25) is 10.0 Å². The minimum absolute atomic E-state index is 0.146. The first-order valence-corrected chi connectivity index (χ1v) is 4.96. The molecule has 1 fully saturated rings. The largest absolute Gasteiger partial charge is 0.314 e. The van der Waals surface area contributed by atoms with Crippen LogP contribution in [0.15, 0.2) is 24.3 Å². The predicted molar refractivity (Wildman–Crippen MR) is 54.8 cm³/mol. The maximum atomic E-state index is 11.6. The van der Waals surface area contributed by atoms with Gasteiger partial charge in [0, 0.05) is 25.2 Å². The van der Waals surface area contributed by atoms with Crippen molar-refractivity contribution in [1.29, 1.82) is 0 Å². The van der Waals surface area contributed by atoms with E-state index in [1.165, 1.54) is 0 Å². The number of nitrogens with zero attached hydrogens (tertiary/aromatic N) is 1. The van der Waals surface area contributed by atoms with Crippen LogP contribution in [0.1, 0.15) is 11.6 Å². The highest BCUT2D eigenvalue weighted by Crippen LogP contribution is 2.28. The lowest BCUT2D eigenvalue weighted by molar-refractivity contribution is 0.195. The molecule has 1 atom stereocenters. The van der Waals surface area contributed by atoms with Crippen LogP contribution < -0.4 is 5.32 Å². The second-order valence-electron chi connectivity index (χ2n) is 3.74.